The Hall–Kier alpha value is -5.34. The Morgan fingerprint density at radius 2 is 1.72 bits per heavy atom. The van der Waals surface area contributed by atoms with Crippen molar-refractivity contribution in [3.63, 3.8) is 0 Å². The van der Waals surface area contributed by atoms with Gasteiger partial charge in [-0.1, -0.05) is 57.2 Å². The summed E-state index contributed by atoms with van der Waals surface area (Å²) in [6.45, 7) is 13.7. The number of pyridine rings is 1. The number of amides is 3. The van der Waals surface area contributed by atoms with Gasteiger partial charge in [-0.15, -0.1) is 19.8 Å². The zero-order valence-electron chi connectivity index (χ0n) is 30.2. The summed E-state index contributed by atoms with van der Waals surface area (Å²) in [5.41, 5.74) is -2.18. The average molecular weight is 741 g/mol. The number of fused-ring (bicyclic) bond motifs is 1. The lowest BCUT2D eigenvalue weighted by Crippen LogP contribution is -2.59. The lowest BCUT2D eigenvalue weighted by Gasteiger charge is -2.35. The zero-order chi connectivity index (χ0) is 39.1. The van der Waals surface area contributed by atoms with Crippen molar-refractivity contribution in [2.24, 2.45) is 11.3 Å². The first kappa shape index (κ1) is 38.9. The second-order valence-electron chi connectivity index (χ2n) is 15.3. The number of nitrogens with zero attached hydrogens (tertiary/aromatic N) is 2. The van der Waals surface area contributed by atoms with E-state index in [-0.39, 0.29) is 30.7 Å². The topological polar surface area (TPSA) is 156 Å². The minimum Gasteiger partial charge on any atom is -0.488 e. The van der Waals surface area contributed by atoms with E-state index in [4.69, 9.17) is 9.47 Å². The molecule has 1 saturated carbocycles. The lowest BCUT2D eigenvalue weighted by atomic mass is 9.85. The Morgan fingerprint density at radius 1 is 1.04 bits per heavy atom. The van der Waals surface area contributed by atoms with E-state index < -0.39 is 76.6 Å². The van der Waals surface area contributed by atoms with Crippen LogP contribution in [0.3, 0.4) is 0 Å². The SMILES string of the molecule is C=C[C@@H]1C[C@]1(NC(=O)[C@H]1C[C@@H](Oc2cc(-c3ccccc3)nc3cc(OC(F)(F)F)ccc23)CN1C(=O)[C@@H](NC(=O)OC(C)(C)C)C(C)(C)C)C(=O)O. The number of likely N-dealkylation sites (tertiary alicyclic amines) is 1. The number of hydrogen-bond acceptors (Lipinski definition) is 8. The fourth-order valence-corrected chi connectivity index (χ4v) is 6.34. The number of halogens is 3. The Bertz CT molecular complexity index is 1910. The first-order valence-electron chi connectivity index (χ1n) is 17.0. The van der Waals surface area contributed by atoms with Crippen LogP contribution >= 0.6 is 0 Å². The van der Waals surface area contributed by atoms with Crippen molar-refractivity contribution in [1.82, 2.24) is 20.5 Å². The van der Waals surface area contributed by atoms with Crippen LogP contribution in [0.15, 0.2) is 67.3 Å². The summed E-state index contributed by atoms with van der Waals surface area (Å²) in [6, 6.07) is 11.7. The first-order valence-corrected chi connectivity index (χ1v) is 17.0. The molecule has 3 aromatic rings. The monoisotopic (exact) mass is 740 g/mol. The maximum Gasteiger partial charge on any atom is 0.573 e. The molecule has 0 bridgehead atoms. The van der Waals surface area contributed by atoms with Gasteiger partial charge in [0.1, 0.15) is 40.8 Å². The normalized spacial score (nSPS) is 22.1. The lowest BCUT2D eigenvalue weighted by molar-refractivity contribution is -0.274. The van der Waals surface area contributed by atoms with E-state index in [1.807, 2.05) is 0 Å². The number of carboxylic acids is 1. The fourth-order valence-electron chi connectivity index (χ4n) is 6.34. The van der Waals surface area contributed by atoms with Crippen molar-refractivity contribution in [2.75, 3.05) is 6.54 Å². The zero-order valence-corrected chi connectivity index (χ0v) is 30.2. The summed E-state index contributed by atoms with van der Waals surface area (Å²) in [5, 5.41) is 15.6. The molecule has 3 N–H and O–H groups in total. The molecule has 1 saturated heterocycles. The molecule has 15 heteroatoms. The number of alkyl halides is 3. The number of rotatable bonds is 10. The van der Waals surface area contributed by atoms with Crippen molar-refractivity contribution in [3.05, 3.63) is 67.3 Å². The molecule has 2 heterocycles. The minimum absolute atomic E-state index is 0.0882. The summed E-state index contributed by atoms with van der Waals surface area (Å²) in [4.78, 5) is 59.4. The number of hydrogen-bond donors (Lipinski definition) is 3. The molecule has 0 spiro atoms. The number of alkyl carbamates (subject to hydrolysis) is 1. The number of carboxylic acid groups (broad SMARTS) is 1. The van der Waals surface area contributed by atoms with Crippen LogP contribution < -0.4 is 20.1 Å². The van der Waals surface area contributed by atoms with Crippen molar-refractivity contribution in [3.8, 4) is 22.8 Å². The van der Waals surface area contributed by atoms with E-state index in [2.05, 4.69) is 26.9 Å². The van der Waals surface area contributed by atoms with Crippen LogP contribution in [0.5, 0.6) is 11.5 Å². The van der Waals surface area contributed by atoms with Gasteiger partial charge in [0.05, 0.1) is 17.8 Å². The molecule has 284 valence electrons. The molecule has 5 atom stereocenters. The highest BCUT2D eigenvalue weighted by Gasteiger charge is 2.61. The number of carbonyl (C=O) groups excluding carboxylic acids is 3. The quantitative estimate of drug-likeness (QED) is 0.205. The van der Waals surface area contributed by atoms with Crippen LogP contribution in [-0.2, 0) is 19.1 Å². The summed E-state index contributed by atoms with van der Waals surface area (Å²) in [5.74, 6) is -3.42. The third kappa shape index (κ3) is 9.00. The summed E-state index contributed by atoms with van der Waals surface area (Å²) >= 11 is 0. The number of carbonyl (C=O) groups is 4. The largest absolute Gasteiger partial charge is 0.573 e. The minimum atomic E-state index is -4.94. The third-order valence-electron chi connectivity index (χ3n) is 8.99. The molecule has 0 unspecified atom stereocenters. The Kier molecular flexibility index (Phi) is 10.4. The molecule has 5 rings (SSSR count). The molecule has 2 aliphatic rings. The number of aliphatic carboxylic acids is 1. The standard InChI is InChI=1S/C38H43F3N4O8/c1-8-22-19-37(22,33(48)49)44-31(46)28-17-24(20-45(28)32(47)30(35(2,3)4)43-34(50)53-36(5,6)7)51-29-18-26(21-12-10-9-11-13-21)42-27-16-23(14-15-25(27)29)52-38(39,40)41/h8-16,18,22,24,28,30H,1,17,19-20H2,2-7H3,(H,43,50)(H,44,46)(H,48,49)/t22-,24-,28-,30-,37-/m1/s1. The molecular formula is C38H43F3N4O8. The van der Waals surface area contributed by atoms with Gasteiger partial charge < -0.3 is 34.9 Å². The maximum absolute atomic E-state index is 14.4. The Balaban J connectivity index is 1.52. The smallest absolute Gasteiger partial charge is 0.488 e. The predicted octanol–water partition coefficient (Wildman–Crippen LogP) is 6.23. The highest BCUT2D eigenvalue weighted by molar-refractivity contribution is 5.96. The fraction of sp³-hybridized carbons (Fsp3) is 0.447. The second kappa shape index (κ2) is 14.2. The molecule has 3 amide bonds. The van der Waals surface area contributed by atoms with Gasteiger partial charge in [-0.25, -0.2) is 14.6 Å². The highest BCUT2D eigenvalue weighted by atomic mass is 19.4. The van der Waals surface area contributed by atoms with E-state index in [0.29, 0.717) is 16.6 Å². The van der Waals surface area contributed by atoms with Crippen molar-refractivity contribution in [2.45, 2.75) is 90.1 Å². The van der Waals surface area contributed by atoms with Gasteiger partial charge in [-0.3, -0.25) is 9.59 Å². The number of ether oxygens (including phenoxy) is 3. The van der Waals surface area contributed by atoms with Crippen molar-refractivity contribution in [1.29, 1.82) is 0 Å². The third-order valence-corrected chi connectivity index (χ3v) is 8.99. The molecule has 2 fully saturated rings. The van der Waals surface area contributed by atoms with E-state index >= 15 is 0 Å². The van der Waals surface area contributed by atoms with E-state index in [1.165, 1.54) is 17.0 Å². The van der Waals surface area contributed by atoms with Crippen molar-refractivity contribution < 1.29 is 51.7 Å². The molecule has 1 aliphatic heterocycles. The van der Waals surface area contributed by atoms with Gasteiger partial charge in [0.15, 0.2) is 0 Å². The molecule has 0 radical (unpaired) electrons. The van der Waals surface area contributed by atoms with Gasteiger partial charge in [0.25, 0.3) is 0 Å². The van der Waals surface area contributed by atoms with Crippen LogP contribution in [0, 0.1) is 11.3 Å². The van der Waals surface area contributed by atoms with Gasteiger partial charge >= 0.3 is 18.4 Å². The Labute approximate surface area is 304 Å². The van der Waals surface area contributed by atoms with Crippen LogP contribution in [0.1, 0.15) is 54.4 Å². The second-order valence-corrected chi connectivity index (χ2v) is 15.3. The van der Waals surface area contributed by atoms with Crippen molar-refractivity contribution >= 4 is 34.8 Å². The van der Waals surface area contributed by atoms with Gasteiger partial charge in [0, 0.05) is 35.4 Å². The van der Waals surface area contributed by atoms with E-state index in [9.17, 15) is 37.5 Å². The predicted molar refractivity (Wildman–Crippen MR) is 188 cm³/mol. The average Bonchev–Trinajstić information content (AvgIpc) is 3.61. The molecule has 12 nitrogen and oxygen atoms in total. The molecular weight excluding hydrogens is 697 g/mol. The molecule has 1 aliphatic carbocycles. The van der Waals surface area contributed by atoms with Crippen LogP contribution in [0.4, 0.5) is 18.0 Å². The number of benzene rings is 2. The first-order chi connectivity index (χ1) is 24.6. The molecule has 53 heavy (non-hydrogen) atoms. The summed E-state index contributed by atoms with van der Waals surface area (Å²) in [7, 11) is 0. The van der Waals surface area contributed by atoms with Crippen LogP contribution in [-0.4, -0.2) is 81.1 Å². The molecule has 1 aromatic heterocycles. The summed E-state index contributed by atoms with van der Waals surface area (Å²) < 4.78 is 55.4. The Morgan fingerprint density at radius 3 is 2.28 bits per heavy atom. The number of nitrogens with one attached hydrogen (secondary N) is 2. The highest BCUT2D eigenvalue weighted by Crippen LogP contribution is 2.45. The van der Waals surface area contributed by atoms with Gasteiger partial charge in [-0.05, 0) is 44.7 Å². The van der Waals surface area contributed by atoms with Gasteiger partial charge in [0.2, 0.25) is 11.8 Å². The molecule has 2 aromatic carbocycles. The van der Waals surface area contributed by atoms with Gasteiger partial charge in [-0.2, -0.15) is 0 Å². The number of aromatic nitrogens is 1. The van der Waals surface area contributed by atoms with E-state index in [1.54, 1.807) is 77.9 Å². The van der Waals surface area contributed by atoms with Crippen LogP contribution in [0.25, 0.3) is 22.2 Å². The maximum atomic E-state index is 14.4. The van der Waals surface area contributed by atoms with Crippen LogP contribution in [0.2, 0.25) is 0 Å². The van der Waals surface area contributed by atoms with E-state index in [0.717, 1.165) is 12.1 Å². The summed E-state index contributed by atoms with van der Waals surface area (Å²) in [6.07, 6.45) is -5.17.